The molecule has 6 rings (SSSR count). The quantitative estimate of drug-likeness (QED) is 0.213. The largest absolute Gasteiger partial charge is 0.493 e. The number of fused-ring (bicyclic) bond motifs is 1. The lowest BCUT2D eigenvalue weighted by molar-refractivity contribution is -0.141. The van der Waals surface area contributed by atoms with E-state index < -0.39 is 5.97 Å². The molecule has 44 heavy (non-hydrogen) atoms. The second-order valence-corrected chi connectivity index (χ2v) is 11.8. The molecule has 2 saturated heterocycles. The van der Waals surface area contributed by atoms with Gasteiger partial charge in [0.15, 0.2) is 5.82 Å². The van der Waals surface area contributed by atoms with Crippen molar-refractivity contribution >= 4 is 28.4 Å². The summed E-state index contributed by atoms with van der Waals surface area (Å²) >= 11 is 0. The molecule has 1 atom stereocenters. The molecule has 230 valence electrons. The van der Waals surface area contributed by atoms with Crippen LogP contribution in [0.1, 0.15) is 29.5 Å². The summed E-state index contributed by atoms with van der Waals surface area (Å²) in [5.74, 6) is 0.629. The smallest absolute Gasteiger partial charge is 0.307 e. The maximum atomic E-state index is 11.4. The van der Waals surface area contributed by atoms with Crippen molar-refractivity contribution in [3.05, 3.63) is 77.6 Å². The number of benzene rings is 2. The van der Waals surface area contributed by atoms with Gasteiger partial charge in [-0.05, 0) is 85.3 Å². The number of likely N-dealkylation sites (tertiary alicyclic amines) is 1. The number of nitrogens with zero attached hydrogens (tertiary/aromatic N) is 4. The van der Waals surface area contributed by atoms with Gasteiger partial charge in [0, 0.05) is 56.2 Å². The lowest BCUT2D eigenvalue weighted by atomic mass is 9.95. The SMILES string of the molecule is Cc1c(Nc2nccc3cc(CN4CCC(C(=O)O)C4)cnc23)cccc1-c1cccc(OCCCN2CCOCC2)c1C. The highest BCUT2D eigenvalue weighted by molar-refractivity contribution is 5.91. The minimum Gasteiger partial charge on any atom is -0.493 e. The predicted molar refractivity (Wildman–Crippen MR) is 173 cm³/mol. The average molecular weight is 596 g/mol. The van der Waals surface area contributed by atoms with Crippen LogP contribution in [-0.2, 0) is 16.1 Å². The minimum absolute atomic E-state index is 0.285. The van der Waals surface area contributed by atoms with Crippen molar-refractivity contribution in [3.8, 4) is 16.9 Å². The van der Waals surface area contributed by atoms with E-state index in [2.05, 4.69) is 76.4 Å². The first-order valence-corrected chi connectivity index (χ1v) is 15.5. The van der Waals surface area contributed by atoms with E-state index in [4.69, 9.17) is 14.5 Å². The van der Waals surface area contributed by atoms with Gasteiger partial charge < -0.3 is 19.9 Å². The molecule has 2 N–H and O–H groups in total. The lowest BCUT2D eigenvalue weighted by Crippen LogP contribution is -2.37. The minimum atomic E-state index is -0.711. The lowest BCUT2D eigenvalue weighted by Gasteiger charge is -2.26. The van der Waals surface area contributed by atoms with Gasteiger partial charge in [0.25, 0.3) is 0 Å². The van der Waals surface area contributed by atoms with Crippen LogP contribution < -0.4 is 10.1 Å². The van der Waals surface area contributed by atoms with Crippen LogP contribution >= 0.6 is 0 Å². The van der Waals surface area contributed by atoms with Gasteiger partial charge in [-0.15, -0.1) is 0 Å². The molecule has 9 heteroatoms. The summed E-state index contributed by atoms with van der Waals surface area (Å²) in [6, 6.07) is 16.7. The van der Waals surface area contributed by atoms with Crippen LogP contribution in [0.2, 0.25) is 0 Å². The van der Waals surface area contributed by atoms with Gasteiger partial charge in [0.1, 0.15) is 11.3 Å². The summed E-state index contributed by atoms with van der Waals surface area (Å²) in [5.41, 5.74) is 7.39. The molecule has 0 aliphatic carbocycles. The number of carbonyl (C=O) groups is 1. The van der Waals surface area contributed by atoms with Crippen molar-refractivity contribution in [2.24, 2.45) is 5.92 Å². The number of pyridine rings is 2. The van der Waals surface area contributed by atoms with Crippen molar-refractivity contribution in [1.82, 2.24) is 19.8 Å². The Morgan fingerprint density at radius 3 is 2.61 bits per heavy atom. The maximum absolute atomic E-state index is 11.4. The number of rotatable bonds is 11. The number of carboxylic acids is 1. The van der Waals surface area contributed by atoms with E-state index in [1.54, 1.807) is 6.20 Å². The molecule has 0 bridgehead atoms. The molecule has 0 saturated carbocycles. The monoisotopic (exact) mass is 595 g/mol. The van der Waals surface area contributed by atoms with Crippen molar-refractivity contribution in [1.29, 1.82) is 0 Å². The third kappa shape index (κ3) is 6.85. The zero-order chi connectivity index (χ0) is 30.5. The fraction of sp³-hybridized carbons (Fsp3) is 0.400. The Kier molecular flexibility index (Phi) is 9.35. The second kappa shape index (κ2) is 13.7. The number of morpholine rings is 1. The number of hydrogen-bond donors (Lipinski definition) is 2. The molecule has 0 spiro atoms. The number of aliphatic carboxylic acids is 1. The number of anilines is 2. The van der Waals surface area contributed by atoms with Crippen molar-refractivity contribution in [2.45, 2.75) is 33.2 Å². The van der Waals surface area contributed by atoms with Crippen LogP contribution in [0.25, 0.3) is 22.0 Å². The normalized spacial score (nSPS) is 17.6. The van der Waals surface area contributed by atoms with Gasteiger partial charge >= 0.3 is 5.97 Å². The standard InChI is InChI=1S/C35H41N5O4/c1-24-29(30-7-4-9-32(25(30)2)44-17-5-13-39-15-18-43-19-16-39)6-3-8-31(24)38-34-33-27(10-12-36-34)20-26(21-37-33)22-40-14-11-28(23-40)35(41)42/h3-4,6-10,12,20-21,28H,5,11,13-19,22-23H2,1-2H3,(H,36,38)(H,41,42). The molecule has 0 amide bonds. The fourth-order valence-corrected chi connectivity index (χ4v) is 6.27. The Bertz CT molecular complexity index is 1620. The molecule has 1 unspecified atom stereocenters. The van der Waals surface area contributed by atoms with E-state index in [1.165, 1.54) is 0 Å². The summed E-state index contributed by atoms with van der Waals surface area (Å²) in [7, 11) is 0. The molecule has 4 heterocycles. The zero-order valence-corrected chi connectivity index (χ0v) is 25.6. The number of aromatic nitrogens is 2. The molecule has 2 fully saturated rings. The molecule has 2 aromatic heterocycles. The van der Waals surface area contributed by atoms with Crippen LogP contribution in [0.3, 0.4) is 0 Å². The van der Waals surface area contributed by atoms with Crippen LogP contribution in [-0.4, -0.2) is 83.4 Å². The highest BCUT2D eigenvalue weighted by Crippen LogP contribution is 2.36. The molecule has 0 radical (unpaired) electrons. The molecule has 9 nitrogen and oxygen atoms in total. The molecule has 2 aliphatic rings. The molecule has 2 aliphatic heterocycles. The van der Waals surface area contributed by atoms with Gasteiger partial charge in [-0.25, -0.2) is 4.98 Å². The van der Waals surface area contributed by atoms with Crippen LogP contribution in [0, 0.1) is 19.8 Å². The van der Waals surface area contributed by atoms with E-state index in [9.17, 15) is 9.90 Å². The van der Waals surface area contributed by atoms with Crippen molar-refractivity contribution in [3.63, 3.8) is 0 Å². The summed E-state index contributed by atoms with van der Waals surface area (Å²) in [4.78, 5) is 25.4. The molecule has 4 aromatic rings. The highest BCUT2D eigenvalue weighted by Gasteiger charge is 2.28. The highest BCUT2D eigenvalue weighted by atomic mass is 16.5. The topological polar surface area (TPSA) is 100 Å². The van der Waals surface area contributed by atoms with Gasteiger partial charge in [0.05, 0.1) is 25.7 Å². The molecule has 2 aromatic carbocycles. The van der Waals surface area contributed by atoms with Gasteiger partial charge in [-0.2, -0.15) is 0 Å². The van der Waals surface area contributed by atoms with Crippen LogP contribution in [0.15, 0.2) is 60.9 Å². The van der Waals surface area contributed by atoms with Crippen molar-refractivity contribution < 1.29 is 19.4 Å². The van der Waals surface area contributed by atoms with Crippen molar-refractivity contribution in [2.75, 3.05) is 57.9 Å². The maximum Gasteiger partial charge on any atom is 0.307 e. The first kappa shape index (κ1) is 30.0. The van der Waals surface area contributed by atoms with Crippen LogP contribution in [0.5, 0.6) is 5.75 Å². The summed E-state index contributed by atoms with van der Waals surface area (Å²) in [6.07, 6.45) is 5.36. The predicted octanol–water partition coefficient (Wildman–Crippen LogP) is 5.66. The Morgan fingerprint density at radius 2 is 1.82 bits per heavy atom. The first-order chi connectivity index (χ1) is 21.5. The number of nitrogens with one attached hydrogen (secondary N) is 1. The van der Waals surface area contributed by atoms with Gasteiger partial charge in [-0.1, -0.05) is 24.3 Å². The summed E-state index contributed by atoms with van der Waals surface area (Å²) in [6.45, 7) is 11.7. The molecular formula is C35H41N5O4. The van der Waals surface area contributed by atoms with Gasteiger partial charge in [-0.3, -0.25) is 19.6 Å². The van der Waals surface area contributed by atoms with E-state index >= 15 is 0 Å². The Balaban J connectivity index is 1.15. The fourth-order valence-electron chi connectivity index (χ4n) is 6.27. The Morgan fingerprint density at radius 1 is 1.02 bits per heavy atom. The molecular weight excluding hydrogens is 554 g/mol. The van der Waals surface area contributed by atoms with Gasteiger partial charge in [0.2, 0.25) is 0 Å². The third-order valence-corrected chi connectivity index (χ3v) is 8.82. The Labute approximate surface area is 258 Å². The third-order valence-electron chi connectivity index (χ3n) is 8.82. The number of hydrogen-bond acceptors (Lipinski definition) is 8. The second-order valence-electron chi connectivity index (χ2n) is 11.8. The first-order valence-electron chi connectivity index (χ1n) is 15.5. The zero-order valence-electron chi connectivity index (χ0n) is 25.6. The average Bonchev–Trinajstić information content (AvgIpc) is 3.51. The van der Waals surface area contributed by atoms with E-state index in [-0.39, 0.29) is 5.92 Å². The van der Waals surface area contributed by atoms with E-state index in [1.807, 2.05) is 12.3 Å². The number of carboxylic acid groups (broad SMARTS) is 1. The van der Waals surface area contributed by atoms with Crippen LogP contribution in [0.4, 0.5) is 11.5 Å². The summed E-state index contributed by atoms with van der Waals surface area (Å²) in [5, 5.41) is 13.9. The summed E-state index contributed by atoms with van der Waals surface area (Å²) < 4.78 is 11.7. The Hall–Kier alpha value is -4.05. The van der Waals surface area contributed by atoms with E-state index in [0.717, 1.165) is 96.0 Å². The number of ether oxygens (including phenoxy) is 2. The van der Waals surface area contributed by atoms with E-state index in [0.29, 0.717) is 31.9 Å².